The van der Waals surface area contributed by atoms with Crippen LogP contribution in [0.5, 0.6) is 0 Å². The molecule has 1 atom stereocenters. The molecule has 4 heteroatoms. The summed E-state index contributed by atoms with van der Waals surface area (Å²) in [5.41, 5.74) is 1.67. The zero-order valence-electron chi connectivity index (χ0n) is 11.7. The van der Waals surface area contributed by atoms with E-state index >= 15 is 0 Å². The lowest BCUT2D eigenvalue weighted by Crippen LogP contribution is -2.38. The van der Waals surface area contributed by atoms with Gasteiger partial charge in [-0.1, -0.05) is 29.8 Å². The highest BCUT2D eigenvalue weighted by atomic mass is 35.5. The van der Waals surface area contributed by atoms with Crippen molar-refractivity contribution in [2.75, 3.05) is 6.54 Å². The molecular formula is C17H17ClN2O. The molecule has 1 aromatic heterocycles. The summed E-state index contributed by atoms with van der Waals surface area (Å²) < 4.78 is 0. The monoisotopic (exact) mass is 300 g/mol. The van der Waals surface area contributed by atoms with E-state index in [0.717, 1.165) is 31.4 Å². The maximum Gasteiger partial charge on any atom is 0.255 e. The lowest BCUT2D eigenvalue weighted by molar-refractivity contribution is 0.0611. The quantitative estimate of drug-likeness (QED) is 0.836. The summed E-state index contributed by atoms with van der Waals surface area (Å²) in [6, 6.07) is 11.3. The number of aromatic nitrogens is 1. The van der Waals surface area contributed by atoms with E-state index < -0.39 is 0 Å². The van der Waals surface area contributed by atoms with Crippen molar-refractivity contribution in [2.24, 2.45) is 0 Å². The van der Waals surface area contributed by atoms with E-state index in [-0.39, 0.29) is 11.9 Å². The van der Waals surface area contributed by atoms with Crippen molar-refractivity contribution in [3.8, 4) is 0 Å². The van der Waals surface area contributed by atoms with Crippen molar-refractivity contribution in [1.82, 2.24) is 9.88 Å². The molecule has 1 unspecified atom stereocenters. The number of rotatable bonds is 2. The third-order valence-corrected chi connectivity index (χ3v) is 4.27. The Balaban J connectivity index is 1.91. The number of carbonyl (C=O) groups is 1. The molecule has 3 rings (SSSR count). The van der Waals surface area contributed by atoms with Gasteiger partial charge in [-0.15, -0.1) is 0 Å². The molecule has 2 aromatic rings. The van der Waals surface area contributed by atoms with Gasteiger partial charge in [0.1, 0.15) is 0 Å². The fourth-order valence-corrected chi connectivity index (χ4v) is 3.10. The van der Waals surface area contributed by atoms with Gasteiger partial charge in [-0.3, -0.25) is 9.78 Å². The third-order valence-electron chi connectivity index (χ3n) is 3.94. The number of carbonyl (C=O) groups excluding carboxylic acids is 1. The SMILES string of the molecule is O=C(c1ccccc1Cl)N1CCCCC1c1cccnc1. The molecular weight excluding hydrogens is 284 g/mol. The van der Waals surface area contributed by atoms with E-state index in [1.807, 2.05) is 35.4 Å². The van der Waals surface area contributed by atoms with Crippen molar-refractivity contribution >= 4 is 17.5 Å². The highest BCUT2D eigenvalue weighted by molar-refractivity contribution is 6.33. The Kier molecular flexibility index (Phi) is 4.20. The average Bonchev–Trinajstić information content (AvgIpc) is 2.55. The second kappa shape index (κ2) is 6.27. The van der Waals surface area contributed by atoms with Gasteiger partial charge >= 0.3 is 0 Å². The summed E-state index contributed by atoms with van der Waals surface area (Å²) in [5.74, 6) is 0.00848. The van der Waals surface area contributed by atoms with Crippen LogP contribution < -0.4 is 0 Å². The summed E-state index contributed by atoms with van der Waals surface area (Å²) in [7, 11) is 0. The second-order valence-corrected chi connectivity index (χ2v) is 5.68. The molecule has 1 aromatic carbocycles. The van der Waals surface area contributed by atoms with Crippen molar-refractivity contribution in [1.29, 1.82) is 0 Å². The van der Waals surface area contributed by atoms with Crippen LogP contribution in [0.3, 0.4) is 0 Å². The Morgan fingerprint density at radius 1 is 1.19 bits per heavy atom. The number of hydrogen-bond acceptors (Lipinski definition) is 2. The van der Waals surface area contributed by atoms with E-state index in [4.69, 9.17) is 11.6 Å². The van der Waals surface area contributed by atoms with Gasteiger partial charge in [0, 0.05) is 18.9 Å². The van der Waals surface area contributed by atoms with Gasteiger partial charge in [0.15, 0.2) is 0 Å². The molecule has 3 nitrogen and oxygen atoms in total. The highest BCUT2D eigenvalue weighted by Gasteiger charge is 2.29. The minimum Gasteiger partial charge on any atom is -0.332 e. The normalized spacial score (nSPS) is 18.5. The molecule has 1 saturated heterocycles. The van der Waals surface area contributed by atoms with E-state index in [9.17, 15) is 4.79 Å². The molecule has 2 heterocycles. The molecule has 1 aliphatic rings. The molecule has 0 saturated carbocycles. The number of likely N-dealkylation sites (tertiary alicyclic amines) is 1. The van der Waals surface area contributed by atoms with Crippen LogP contribution in [-0.2, 0) is 0 Å². The van der Waals surface area contributed by atoms with Gasteiger partial charge in [-0.25, -0.2) is 0 Å². The molecule has 0 aliphatic carbocycles. The van der Waals surface area contributed by atoms with Gasteiger partial charge in [0.05, 0.1) is 16.6 Å². The summed E-state index contributed by atoms with van der Waals surface area (Å²) >= 11 is 6.17. The summed E-state index contributed by atoms with van der Waals surface area (Å²) in [4.78, 5) is 18.9. The average molecular weight is 301 g/mol. The standard InChI is InChI=1S/C17H17ClN2O/c18-15-8-2-1-7-14(15)17(21)20-11-4-3-9-16(20)13-6-5-10-19-12-13/h1-2,5-8,10,12,16H,3-4,9,11H2. The van der Waals surface area contributed by atoms with Crippen LogP contribution in [0.1, 0.15) is 41.2 Å². The van der Waals surface area contributed by atoms with Crippen LogP contribution in [0, 0.1) is 0 Å². The summed E-state index contributed by atoms with van der Waals surface area (Å²) in [6.07, 6.45) is 6.75. The molecule has 0 radical (unpaired) electrons. The lowest BCUT2D eigenvalue weighted by atomic mass is 9.95. The molecule has 0 N–H and O–H groups in total. The minimum atomic E-state index is 0.00848. The van der Waals surface area contributed by atoms with Gasteiger partial charge < -0.3 is 4.90 Å². The number of hydrogen-bond donors (Lipinski definition) is 0. The first-order chi connectivity index (χ1) is 10.3. The second-order valence-electron chi connectivity index (χ2n) is 5.28. The minimum absolute atomic E-state index is 0.00848. The highest BCUT2D eigenvalue weighted by Crippen LogP contribution is 2.32. The first kappa shape index (κ1) is 14.1. The molecule has 108 valence electrons. The molecule has 1 fully saturated rings. The first-order valence-corrected chi connectivity index (χ1v) is 7.60. The third kappa shape index (κ3) is 2.93. The zero-order valence-corrected chi connectivity index (χ0v) is 12.5. The van der Waals surface area contributed by atoms with Crippen LogP contribution in [0.15, 0.2) is 48.8 Å². The summed E-state index contributed by atoms with van der Waals surface area (Å²) in [5, 5.41) is 0.512. The number of halogens is 1. The van der Waals surface area contributed by atoms with Gasteiger partial charge in [0.2, 0.25) is 0 Å². The Morgan fingerprint density at radius 2 is 2.05 bits per heavy atom. The molecule has 1 aliphatic heterocycles. The fraction of sp³-hybridized carbons (Fsp3) is 0.294. The molecule has 21 heavy (non-hydrogen) atoms. The van der Waals surface area contributed by atoms with Crippen molar-refractivity contribution in [3.63, 3.8) is 0 Å². The van der Waals surface area contributed by atoms with Crippen LogP contribution in [0.2, 0.25) is 5.02 Å². The van der Waals surface area contributed by atoms with Crippen molar-refractivity contribution < 1.29 is 4.79 Å². The Morgan fingerprint density at radius 3 is 2.81 bits per heavy atom. The molecule has 1 amide bonds. The number of nitrogens with zero attached hydrogens (tertiary/aromatic N) is 2. The summed E-state index contributed by atoms with van der Waals surface area (Å²) in [6.45, 7) is 0.767. The number of piperidine rings is 1. The van der Waals surface area contributed by atoms with Crippen LogP contribution in [0.25, 0.3) is 0 Å². The van der Waals surface area contributed by atoms with Gasteiger partial charge in [-0.05, 0) is 43.0 Å². The zero-order chi connectivity index (χ0) is 14.7. The van der Waals surface area contributed by atoms with Crippen molar-refractivity contribution in [3.05, 3.63) is 64.9 Å². The predicted octanol–water partition coefficient (Wildman–Crippen LogP) is 4.10. The van der Waals surface area contributed by atoms with Crippen LogP contribution in [0.4, 0.5) is 0 Å². The Hall–Kier alpha value is -1.87. The Bertz CT molecular complexity index is 630. The number of amides is 1. The van der Waals surface area contributed by atoms with Crippen LogP contribution >= 0.6 is 11.6 Å². The Labute approximate surface area is 129 Å². The van der Waals surface area contributed by atoms with Gasteiger partial charge in [-0.2, -0.15) is 0 Å². The smallest absolute Gasteiger partial charge is 0.255 e. The number of benzene rings is 1. The first-order valence-electron chi connectivity index (χ1n) is 7.23. The van der Waals surface area contributed by atoms with Crippen LogP contribution in [-0.4, -0.2) is 22.3 Å². The van der Waals surface area contributed by atoms with E-state index in [1.165, 1.54) is 0 Å². The number of pyridine rings is 1. The van der Waals surface area contributed by atoms with Crippen molar-refractivity contribution in [2.45, 2.75) is 25.3 Å². The lowest BCUT2D eigenvalue weighted by Gasteiger charge is -2.36. The maximum atomic E-state index is 12.8. The van der Waals surface area contributed by atoms with E-state index in [0.29, 0.717) is 10.6 Å². The van der Waals surface area contributed by atoms with E-state index in [1.54, 1.807) is 18.3 Å². The largest absolute Gasteiger partial charge is 0.332 e. The molecule has 0 spiro atoms. The maximum absolute atomic E-state index is 12.8. The van der Waals surface area contributed by atoms with E-state index in [2.05, 4.69) is 4.98 Å². The fourth-order valence-electron chi connectivity index (χ4n) is 2.88. The molecule has 0 bridgehead atoms. The topological polar surface area (TPSA) is 33.2 Å². The predicted molar refractivity (Wildman–Crippen MR) is 83.3 cm³/mol. The van der Waals surface area contributed by atoms with Gasteiger partial charge in [0.25, 0.3) is 5.91 Å².